The average Bonchev–Trinajstić information content (AvgIpc) is 2.70. The number of carbonyl (C=O) groups excluding carboxylic acids is 1. The molecular weight excluding hydrogens is 336 g/mol. The van der Waals surface area contributed by atoms with Crippen molar-refractivity contribution in [2.24, 2.45) is 0 Å². The van der Waals surface area contributed by atoms with E-state index in [0.717, 1.165) is 27.6 Å². The van der Waals surface area contributed by atoms with Crippen LogP contribution in [0, 0.1) is 11.3 Å². The van der Waals surface area contributed by atoms with Crippen molar-refractivity contribution in [2.75, 3.05) is 19.0 Å². The first-order valence-electron chi connectivity index (χ1n) is 8.61. The third-order valence-electron chi connectivity index (χ3n) is 4.30. The molecule has 0 saturated carbocycles. The normalized spacial score (nSPS) is 11.1. The van der Waals surface area contributed by atoms with Crippen molar-refractivity contribution < 1.29 is 9.53 Å². The van der Waals surface area contributed by atoms with Crippen molar-refractivity contribution in [2.45, 2.75) is 6.61 Å². The van der Waals surface area contributed by atoms with Crippen LogP contribution in [0.5, 0.6) is 0 Å². The first kappa shape index (κ1) is 18.2. The highest BCUT2D eigenvalue weighted by Crippen LogP contribution is 2.20. The third-order valence-corrected chi connectivity index (χ3v) is 4.30. The summed E-state index contributed by atoms with van der Waals surface area (Å²) in [5, 5.41) is 11.5. The van der Waals surface area contributed by atoms with Crippen LogP contribution >= 0.6 is 0 Å². The second-order valence-electron chi connectivity index (χ2n) is 6.37. The van der Waals surface area contributed by atoms with E-state index in [2.05, 4.69) is 0 Å². The fourth-order valence-corrected chi connectivity index (χ4v) is 2.81. The Bertz CT molecular complexity index is 1020. The van der Waals surface area contributed by atoms with Crippen LogP contribution in [-0.4, -0.2) is 20.1 Å². The number of nitrogens with zero attached hydrogens (tertiary/aromatic N) is 2. The molecule has 3 aromatic rings. The zero-order valence-electron chi connectivity index (χ0n) is 15.3. The highest BCUT2D eigenvalue weighted by Gasteiger charge is 2.12. The molecule has 0 bridgehead atoms. The fraction of sp³-hybridized carbons (Fsp3) is 0.130. The molecule has 0 aliphatic rings. The maximum Gasteiger partial charge on any atom is 0.349 e. The minimum atomic E-state index is -0.623. The van der Waals surface area contributed by atoms with Crippen LogP contribution in [0.4, 0.5) is 5.69 Å². The number of nitriles is 1. The molecule has 3 rings (SSSR count). The molecule has 0 radical (unpaired) electrons. The summed E-state index contributed by atoms with van der Waals surface area (Å²) in [6.07, 6.45) is 1.55. The standard InChI is InChI=1S/C23H20N2O2/c1-25(2)21-12-10-17(11-13-21)14-20(15-24)23(26)27-16-19-8-5-7-18-6-3-4-9-22(18)19/h3-14H,16H2,1-2H3/b20-14+. The maximum atomic E-state index is 12.3. The SMILES string of the molecule is CN(C)c1ccc(/C=C(\C#N)C(=O)OCc2cccc3ccccc23)cc1. The molecule has 0 saturated heterocycles. The third kappa shape index (κ3) is 4.34. The molecule has 4 nitrogen and oxygen atoms in total. The lowest BCUT2D eigenvalue weighted by molar-refractivity contribution is -0.139. The lowest BCUT2D eigenvalue weighted by Gasteiger charge is -2.12. The van der Waals surface area contributed by atoms with Crippen LogP contribution in [0.2, 0.25) is 0 Å². The monoisotopic (exact) mass is 356 g/mol. The van der Waals surface area contributed by atoms with Crippen molar-refractivity contribution in [3.05, 3.63) is 83.4 Å². The minimum Gasteiger partial charge on any atom is -0.457 e. The van der Waals surface area contributed by atoms with Crippen LogP contribution in [-0.2, 0) is 16.1 Å². The first-order chi connectivity index (χ1) is 13.1. The van der Waals surface area contributed by atoms with E-state index in [4.69, 9.17) is 4.74 Å². The van der Waals surface area contributed by atoms with Crippen molar-refractivity contribution in [3.8, 4) is 6.07 Å². The van der Waals surface area contributed by atoms with Gasteiger partial charge >= 0.3 is 5.97 Å². The summed E-state index contributed by atoms with van der Waals surface area (Å²) in [6, 6.07) is 23.3. The highest BCUT2D eigenvalue weighted by molar-refractivity contribution is 5.98. The van der Waals surface area contributed by atoms with Gasteiger partial charge in [0.1, 0.15) is 18.2 Å². The van der Waals surface area contributed by atoms with E-state index in [1.807, 2.05) is 91.8 Å². The minimum absolute atomic E-state index is 0.0205. The molecule has 0 aliphatic heterocycles. The van der Waals surface area contributed by atoms with Gasteiger partial charge in [0.25, 0.3) is 0 Å². The summed E-state index contributed by atoms with van der Waals surface area (Å²) in [4.78, 5) is 14.3. The maximum absolute atomic E-state index is 12.3. The Balaban J connectivity index is 1.74. The zero-order valence-corrected chi connectivity index (χ0v) is 15.3. The number of benzene rings is 3. The molecule has 0 heterocycles. The van der Waals surface area contributed by atoms with Gasteiger partial charge < -0.3 is 9.64 Å². The van der Waals surface area contributed by atoms with E-state index in [9.17, 15) is 10.1 Å². The molecular formula is C23H20N2O2. The number of hydrogen-bond acceptors (Lipinski definition) is 4. The van der Waals surface area contributed by atoms with Gasteiger partial charge in [-0.1, -0.05) is 54.6 Å². The number of ether oxygens (including phenoxy) is 1. The van der Waals surface area contributed by atoms with Gasteiger partial charge in [0.2, 0.25) is 0 Å². The predicted molar refractivity (Wildman–Crippen MR) is 108 cm³/mol. The molecule has 0 unspecified atom stereocenters. The van der Waals surface area contributed by atoms with Gasteiger partial charge in [0, 0.05) is 19.8 Å². The average molecular weight is 356 g/mol. The van der Waals surface area contributed by atoms with Crippen molar-refractivity contribution >= 4 is 28.5 Å². The lowest BCUT2D eigenvalue weighted by Crippen LogP contribution is -2.08. The number of esters is 1. The van der Waals surface area contributed by atoms with Crippen LogP contribution in [0.1, 0.15) is 11.1 Å². The quantitative estimate of drug-likeness (QED) is 0.382. The van der Waals surface area contributed by atoms with Crippen LogP contribution in [0.3, 0.4) is 0 Å². The van der Waals surface area contributed by atoms with E-state index in [1.54, 1.807) is 6.08 Å². The van der Waals surface area contributed by atoms with E-state index < -0.39 is 5.97 Å². The molecule has 134 valence electrons. The number of fused-ring (bicyclic) bond motifs is 1. The molecule has 4 heteroatoms. The Kier molecular flexibility index (Phi) is 5.53. The Hall–Kier alpha value is -3.58. The molecule has 0 fully saturated rings. The largest absolute Gasteiger partial charge is 0.457 e. The van der Waals surface area contributed by atoms with E-state index in [1.165, 1.54) is 0 Å². The smallest absolute Gasteiger partial charge is 0.349 e. The molecule has 3 aromatic carbocycles. The topological polar surface area (TPSA) is 53.3 Å². The van der Waals surface area contributed by atoms with Gasteiger partial charge in [-0.05, 0) is 40.1 Å². The molecule has 0 spiro atoms. The van der Waals surface area contributed by atoms with E-state index in [-0.39, 0.29) is 12.2 Å². The Morgan fingerprint density at radius 2 is 1.74 bits per heavy atom. The molecule has 0 N–H and O–H groups in total. The Labute approximate surface area is 158 Å². The predicted octanol–water partition coefficient (Wildman–Crippen LogP) is 4.56. The van der Waals surface area contributed by atoms with Crippen LogP contribution < -0.4 is 4.90 Å². The van der Waals surface area contributed by atoms with Crippen LogP contribution in [0.15, 0.2) is 72.3 Å². The highest BCUT2D eigenvalue weighted by atomic mass is 16.5. The molecule has 0 aliphatic carbocycles. The van der Waals surface area contributed by atoms with Gasteiger partial charge in [-0.2, -0.15) is 5.26 Å². The van der Waals surface area contributed by atoms with E-state index >= 15 is 0 Å². The van der Waals surface area contributed by atoms with E-state index in [0.29, 0.717) is 0 Å². The second-order valence-corrected chi connectivity index (χ2v) is 6.37. The summed E-state index contributed by atoms with van der Waals surface area (Å²) in [6.45, 7) is 0.124. The number of anilines is 1. The number of carbonyl (C=O) groups is 1. The Morgan fingerprint density at radius 1 is 1.04 bits per heavy atom. The molecule has 27 heavy (non-hydrogen) atoms. The van der Waals surface area contributed by atoms with Crippen molar-refractivity contribution in [1.29, 1.82) is 5.26 Å². The molecule has 0 aromatic heterocycles. The summed E-state index contributed by atoms with van der Waals surface area (Å²) in [5.74, 6) is -0.623. The fourth-order valence-electron chi connectivity index (χ4n) is 2.81. The van der Waals surface area contributed by atoms with Gasteiger partial charge in [-0.25, -0.2) is 4.79 Å². The molecule has 0 amide bonds. The summed E-state index contributed by atoms with van der Waals surface area (Å²) in [5.41, 5.74) is 2.71. The number of hydrogen-bond donors (Lipinski definition) is 0. The second kappa shape index (κ2) is 8.20. The van der Waals surface area contributed by atoms with Crippen LogP contribution in [0.25, 0.3) is 16.8 Å². The lowest BCUT2D eigenvalue weighted by atomic mass is 10.1. The van der Waals surface area contributed by atoms with Gasteiger partial charge in [-0.3, -0.25) is 0 Å². The summed E-state index contributed by atoms with van der Waals surface area (Å²) in [7, 11) is 3.91. The molecule has 0 atom stereocenters. The van der Waals surface area contributed by atoms with Gasteiger partial charge in [0.05, 0.1) is 0 Å². The first-order valence-corrected chi connectivity index (χ1v) is 8.61. The summed E-state index contributed by atoms with van der Waals surface area (Å²) >= 11 is 0. The summed E-state index contributed by atoms with van der Waals surface area (Å²) < 4.78 is 5.39. The van der Waals surface area contributed by atoms with Gasteiger partial charge in [0.15, 0.2) is 0 Å². The van der Waals surface area contributed by atoms with Crippen molar-refractivity contribution in [1.82, 2.24) is 0 Å². The van der Waals surface area contributed by atoms with Gasteiger partial charge in [-0.15, -0.1) is 0 Å². The Morgan fingerprint density at radius 3 is 2.44 bits per heavy atom. The zero-order chi connectivity index (χ0) is 19.2. The number of rotatable bonds is 5. The van der Waals surface area contributed by atoms with Crippen molar-refractivity contribution in [3.63, 3.8) is 0 Å².